The van der Waals surface area contributed by atoms with Gasteiger partial charge in [0, 0.05) is 17.1 Å². The molecule has 1 fully saturated rings. The van der Waals surface area contributed by atoms with Crippen LogP contribution in [-0.2, 0) is 22.6 Å². The summed E-state index contributed by atoms with van der Waals surface area (Å²) in [6, 6.07) is 10.4. The molecule has 0 aromatic heterocycles. The molecule has 134 valence electrons. The molecule has 2 aromatic carbocycles. The quantitative estimate of drug-likeness (QED) is 0.584. The molecule has 0 radical (unpaired) electrons. The summed E-state index contributed by atoms with van der Waals surface area (Å²) in [5.74, 6) is 0.717. The van der Waals surface area contributed by atoms with Gasteiger partial charge in [0.1, 0.15) is 18.5 Å². The normalized spacial score (nSPS) is 21.2. The van der Waals surface area contributed by atoms with Gasteiger partial charge >= 0.3 is 5.97 Å². The Kier molecular flexibility index (Phi) is 4.10. The molecule has 1 heterocycles. The molecular formula is C23H24O3. The molecule has 4 rings (SSSR count). The topological polar surface area (TPSA) is 35.5 Å². The molecule has 0 bridgehead atoms. The Labute approximate surface area is 154 Å². The van der Waals surface area contributed by atoms with Gasteiger partial charge in [0.15, 0.2) is 0 Å². The Bertz CT molecular complexity index is 910. The average Bonchev–Trinajstić information content (AvgIpc) is 2.92. The largest absolute Gasteiger partial charge is 0.489 e. The average molecular weight is 348 g/mol. The molecule has 3 heteroatoms. The lowest BCUT2D eigenvalue weighted by Gasteiger charge is -2.30. The zero-order valence-electron chi connectivity index (χ0n) is 15.6. The maximum Gasteiger partial charge on any atom is 0.334 e. The van der Waals surface area contributed by atoms with E-state index in [-0.39, 0.29) is 18.0 Å². The molecular weight excluding hydrogens is 324 g/mol. The SMILES string of the molecule is C=C1C(=O)O[C@H]2c3c(C)c(OCc4ccccc4C)cc(C)c3CC[C@@H]12. The molecule has 1 aliphatic heterocycles. The molecule has 1 saturated heterocycles. The minimum atomic E-state index is -0.254. The Hall–Kier alpha value is -2.55. The van der Waals surface area contributed by atoms with Crippen molar-refractivity contribution < 1.29 is 14.3 Å². The monoisotopic (exact) mass is 348 g/mol. The number of hydrogen-bond acceptors (Lipinski definition) is 3. The Morgan fingerprint density at radius 2 is 1.96 bits per heavy atom. The van der Waals surface area contributed by atoms with Crippen molar-refractivity contribution in [3.05, 3.63) is 75.9 Å². The van der Waals surface area contributed by atoms with E-state index in [2.05, 4.69) is 45.5 Å². The van der Waals surface area contributed by atoms with Crippen LogP contribution in [0.15, 0.2) is 42.5 Å². The smallest absolute Gasteiger partial charge is 0.334 e. The highest BCUT2D eigenvalue weighted by molar-refractivity contribution is 5.91. The van der Waals surface area contributed by atoms with E-state index in [4.69, 9.17) is 9.47 Å². The summed E-state index contributed by atoms with van der Waals surface area (Å²) >= 11 is 0. The van der Waals surface area contributed by atoms with E-state index in [0.29, 0.717) is 12.2 Å². The van der Waals surface area contributed by atoms with Gasteiger partial charge in [0.25, 0.3) is 0 Å². The zero-order valence-corrected chi connectivity index (χ0v) is 15.6. The van der Waals surface area contributed by atoms with E-state index in [1.165, 1.54) is 22.3 Å². The van der Waals surface area contributed by atoms with E-state index in [9.17, 15) is 4.79 Å². The van der Waals surface area contributed by atoms with Crippen LogP contribution in [-0.4, -0.2) is 5.97 Å². The van der Waals surface area contributed by atoms with Crippen LogP contribution in [0.2, 0.25) is 0 Å². The van der Waals surface area contributed by atoms with Crippen LogP contribution in [0.1, 0.15) is 45.9 Å². The minimum Gasteiger partial charge on any atom is -0.489 e. The number of aryl methyl sites for hydroxylation is 2. The van der Waals surface area contributed by atoms with Crippen LogP contribution in [0, 0.1) is 26.7 Å². The lowest BCUT2D eigenvalue weighted by atomic mass is 9.76. The molecule has 0 saturated carbocycles. The van der Waals surface area contributed by atoms with Crippen molar-refractivity contribution in [1.29, 1.82) is 0 Å². The van der Waals surface area contributed by atoms with Gasteiger partial charge in [0.05, 0.1) is 0 Å². The van der Waals surface area contributed by atoms with E-state index < -0.39 is 0 Å². The van der Waals surface area contributed by atoms with E-state index >= 15 is 0 Å². The second-order valence-corrected chi connectivity index (χ2v) is 7.42. The van der Waals surface area contributed by atoms with Gasteiger partial charge in [-0.05, 0) is 67.5 Å². The molecule has 0 unspecified atom stereocenters. The lowest BCUT2D eigenvalue weighted by molar-refractivity contribution is -0.139. The summed E-state index contributed by atoms with van der Waals surface area (Å²) in [7, 11) is 0. The van der Waals surface area contributed by atoms with Crippen molar-refractivity contribution in [1.82, 2.24) is 0 Å². The fourth-order valence-electron chi connectivity index (χ4n) is 4.25. The van der Waals surface area contributed by atoms with Crippen molar-refractivity contribution in [2.45, 2.75) is 46.3 Å². The van der Waals surface area contributed by atoms with Crippen LogP contribution in [0.25, 0.3) is 0 Å². The first-order chi connectivity index (χ1) is 12.5. The van der Waals surface area contributed by atoms with Crippen molar-refractivity contribution in [3.63, 3.8) is 0 Å². The van der Waals surface area contributed by atoms with Gasteiger partial charge in [-0.25, -0.2) is 4.79 Å². The number of carbonyl (C=O) groups is 1. The summed E-state index contributed by atoms with van der Waals surface area (Å²) in [6.07, 6.45) is 1.67. The highest BCUT2D eigenvalue weighted by Crippen LogP contribution is 2.49. The van der Waals surface area contributed by atoms with Gasteiger partial charge < -0.3 is 9.47 Å². The van der Waals surface area contributed by atoms with Crippen LogP contribution >= 0.6 is 0 Å². The van der Waals surface area contributed by atoms with Crippen LogP contribution in [0.5, 0.6) is 5.75 Å². The molecule has 3 nitrogen and oxygen atoms in total. The molecule has 1 aliphatic carbocycles. The summed E-state index contributed by atoms with van der Waals surface area (Å²) in [5.41, 5.74) is 7.74. The van der Waals surface area contributed by atoms with Gasteiger partial charge in [0.2, 0.25) is 0 Å². The molecule has 0 N–H and O–H groups in total. The van der Waals surface area contributed by atoms with Crippen molar-refractivity contribution in [2.75, 3.05) is 0 Å². The number of fused-ring (bicyclic) bond motifs is 3. The first kappa shape index (κ1) is 16.9. The number of ether oxygens (including phenoxy) is 2. The lowest BCUT2D eigenvalue weighted by Crippen LogP contribution is -2.20. The van der Waals surface area contributed by atoms with Crippen LogP contribution < -0.4 is 4.74 Å². The van der Waals surface area contributed by atoms with Crippen molar-refractivity contribution in [2.24, 2.45) is 5.92 Å². The molecule has 2 aromatic rings. The van der Waals surface area contributed by atoms with Gasteiger partial charge in [-0.15, -0.1) is 0 Å². The van der Waals surface area contributed by atoms with E-state index in [1.54, 1.807) is 0 Å². The van der Waals surface area contributed by atoms with Crippen LogP contribution in [0.4, 0.5) is 0 Å². The third-order valence-corrected chi connectivity index (χ3v) is 5.87. The van der Waals surface area contributed by atoms with Crippen molar-refractivity contribution in [3.8, 4) is 5.75 Å². The summed E-state index contributed by atoms with van der Waals surface area (Å²) in [4.78, 5) is 12.0. The number of benzene rings is 2. The number of carbonyl (C=O) groups excluding carboxylic acids is 1. The number of rotatable bonds is 3. The Balaban J connectivity index is 1.69. The second kappa shape index (κ2) is 6.31. The zero-order chi connectivity index (χ0) is 18.4. The second-order valence-electron chi connectivity index (χ2n) is 7.42. The third-order valence-electron chi connectivity index (χ3n) is 5.87. The fraction of sp³-hybridized carbons (Fsp3) is 0.348. The predicted octanol–water partition coefficient (Wildman–Crippen LogP) is 4.91. The van der Waals surface area contributed by atoms with Gasteiger partial charge in [-0.1, -0.05) is 30.8 Å². The maximum absolute atomic E-state index is 12.0. The minimum absolute atomic E-state index is 0.0970. The molecule has 0 spiro atoms. The highest BCUT2D eigenvalue weighted by Gasteiger charge is 2.44. The first-order valence-corrected chi connectivity index (χ1v) is 9.17. The van der Waals surface area contributed by atoms with Gasteiger partial charge in [-0.3, -0.25) is 0 Å². The first-order valence-electron chi connectivity index (χ1n) is 9.17. The molecule has 26 heavy (non-hydrogen) atoms. The summed E-state index contributed by atoms with van der Waals surface area (Å²) < 4.78 is 11.9. The third kappa shape index (κ3) is 2.63. The van der Waals surface area contributed by atoms with Crippen molar-refractivity contribution >= 4 is 5.97 Å². The molecule has 2 aliphatic rings. The van der Waals surface area contributed by atoms with Gasteiger partial charge in [-0.2, -0.15) is 0 Å². The summed E-state index contributed by atoms with van der Waals surface area (Å²) in [6.45, 7) is 10.8. The summed E-state index contributed by atoms with van der Waals surface area (Å²) in [5, 5.41) is 0. The Morgan fingerprint density at radius 3 is 2.73 bits per heavy atom. The highest BCUT2D eigenvalue weighted by atomic mass is 16.6. The van der Waals surface area contributed by atoms with Crippen LogP contribution in [0.3, 0.4) is 0 Å². The standard InChI is InChI=1S/C23H24O3/c1-13-7-5-6-8-17(13)12-25-20-11-14(2)18-9-10-19-15(3)23(24)26-22(19)21(18)16(20)4/h5-8,11,19,22H,3,9-10,12H2,1-2,4H3/t19-,22+/m0/s1. The van der Waals surface area contributed by atoms with E-state index in [0.717, 1.165) is 29.7 Å². The predicted molar refractivity (Wildman–Crippen MR) is 101 cm³/mol. The maximum atomic E-state index is 12.0. The Morgan fingerprint density at radius 1 is 1.19 bits per heavy atom. The number of hydrogen-bond donors (Lipinski definition) is 0. The number of esters is 1. The molecule has 0 amide bonds. The molecule has 2 atom stereocenters. The fourth-order valence-corrected chi connectivity index (χ4v) is 4.25. The van der Waals surface area contributed by atoms with E-state index in [1.807, 2.05) is 12.1 Å².